The Balaban J connectivity index is 2.86. The zero-order chi connectivity index (χ0) is 11.5. The van der Waals surface area contributed by atoms with Crippen molar-refractivity contribution in [2.45, 2.75) is 20.0 Å². The van der Waals surface area contributed by atoms with Crippen molar-refractivity contribution < 1.29 is 13.8 Å². The molecule has 0 amide bonds. The topological polar surface area (TPSA) is 51.1 Å². The van der Waals surface area contributed by atoms with Crippen LogP contribution in [-0.2, 0) is 13.8 Å². The van der Waals surface area contributed by atoms with Crippen molar-refractivity contribution in [3.8, 4) is 0 Å². The Bertz CT molecular complexity index is 290. The molecule has 1 saturated heterocycles. The van der Waals surface area contributed by atoms with E-state index in [4.69, 9.17) is 9.26 Å². The Morgan fingerprint density at radius 3 is 2.93 bits per heavy atom. The van der Waals surface area contributed by atoms with E-state index < -0.39 is 6.72 Å². The van der Waals surface area contributed by atoms with Crippen LogP contribution >= 0.6 is 18.1 Å². The first-order chi connectivity index (χ1) is 7.04. The molecule has 88 valence electrons. The van der Waals surface area contributed by atoms with Gasteiger partial charge >= 0.3 is 6.72 Å². The molecule has 2 atom stereocenters. The highest BCUT2D eigenvalue weighted by molar-refractivity contribution is 8.55. The van der Waals surface area contributed by atoms with E-state index in [-0.39, 0.29) is 6.10 Å². The predicted molar refractivity (Wildman–Crippen MR) is 63.4 cm³/mol. The van der Waals surface area contributed by atoms with Gasteiger partial charge in [0.1, 0.15) is 6.10 Å². The smallest absolute Gasteiger partial charge is 0.375 e. The van der Waals surface area contributed by atoms with Crippen molar-refractivity contribution in [2.24, 2.45) is 4.76 Å². The van der Waals surface area contributed by atoms with Gasteiger partial charge in [0.15, 0.2) is 0 Å². The van der Waals surface area contributed by atoms with Gasteiger partial charge in [-0.25, -0.2) is 0 Å². The number of hydrogen-bond donors (Lipinski definition) is 0. The second-order valence-electron chi connectivity index (χ2n) is 3.18. The van der Waals surface area contributed by atoms with Crippen molar-refractivity contribution >= 4 is 24.1 Å². The van der Waals surface area contributed by atoms with Crippen LogP contribution in [0.3, 0.4) is 0 Å². The third-order valence-corrected chi connectivity index (χ3v) is 5.52. The van der Waals surface area contributed by atoms with Crippen LogP contribution in [0.5, 0.6) is 0 Å². The lowest BCUT2D eigenvalue weighted by molar-refractivity contribution is 0.251. The van der Waals surface area contributed by atoms with Crippen molar-refractivity contribution in [3.05, 3.63) is 0 Å². The molecule has 5 nitrogen and oxygen atoms in total. The summed E-state index contributed by atoms with van der Waals surface area (Å²) in [6.07, 6.45) is 1.80. The molecule has 7 heteroatoms. The van der Waals surface area contributed by atoms with Crippen LogP contribution < -0.4 is 0 Å². The minimum absolute atomic E-state index is 0.0934. The molecule has 0 N–H and O–H groups in total. The second-order valence-corrected chi connectivity index (χ2v) is 7.53. The molecule has 1 heterocycles. The van der Waals surface area contributed by atoms with Gasteiger partial charge in [-0.1, -0.05) is 0 Å². The lowest BCUT2D eigenvalue weighted by atomic mass is 10.4. The number of rotatable bonds is 4. The molecule has 0 aliphatic carbocycles. The van der Waals surface area contributed by atoms with Gasteiger partial charge in [0.25, 0.3) is 6.02 Å². The lowest BCUT2D eigenvalue weighted by Gasteiger charge is -2.14. The monoisotopic (exact) mass is 252 g/mol. The second kappa shape index (κ2) is 5.23. The van der Waals surface area contributed by atoms with Gasteiger partial charge in [-0.15, -0.1) is 4.76 Å². The SMILES string of the molecule is CCN1CC(C)O/C1=N/P(=O)(OC)SC. The van der Waals surface area contributed by atoms with E-state index >= 15 is 0 Å². The number of hydrogen-bond acceptors (Lipinski definition) is 4. The molecule has 0 aromatic heterocycles. The van der Waals surface area contributed by atoms with E-state index in [1.165, 1.54) is 7.11 Å². The zero-order valence-electron chi connectivity index (χ0n) is 9.47. The number of likely N-dealkylation sites (N-methyl/N-ethyl adjacent to an activating group) is 1. The molecule has 0 saturated carbocycles. The van der Waals surface area contributed by atoms with Crippen LogP contribution in [0.4, 0.5) is 0 Å². The summed E-state index contributed by atoms with van der Waals surface area (Å²) >= 11 is 1.11. The maximum Gasteiger partial charge on any atom is 0.375 e. The molecule has 1 aliphatic rings. The molecule has 0 bridgehead atoms. The fraction of sp³-hybridized carbons (Fsp3) is 0.875. The Morgan fingerprint density at radius 1 is 1.80 bits per heavy atom. The van der Waals surface area contributed by atoms with E-state index in [9.17, 15) is 4.57 Å². The fourth-order valence-corrected chi connectivity index (χ4v) is 2.89. The molecule has 0 aromatic carbocycles. The van der Waals surface area contributed by atoms with Gasteiger partial charge in [0.2, 0.25) is 0 Å². The van der Waals surface area contributed by atoms with Gasteiger partial charge < -0.3 is 14.2 Å². The molecule has 0 radical (unpaired) electrons. The van der Waals surface area contributed by atoms with E-state index in [1.807, 2.05) is 18.7 Å². The number of amidine groups is 1. The van der Waals surface area contributed by atoms with Gasteiger partial charge in [-0.3, -0.25) is 4.57 Å². The van der Waals surface area contributed by atoms with Crippen LogP contribution in [0.25, 0.3) is 0 Å². The standard InChI is InChI=1S/C8H17N2O3PS/c1-5-10-6-7(2)13-8(10)9-14(11,12-3)15-4/h7H,5-6H2,1-4H3/b9-8+. The average molecular weight is 252 g/mol. The first kappa shape index (κ1) is 12.9. The summed E-state index contributed by atoms with van der Waals surface area (Å²) in [7, 11) is 1.40. The van der Waals surface area contributed by atoms with E-state index in [0.29, 0.717) is 6.02 Å². The fourth-order valence-electron chi connectivity index (χ4n) is 1.29. The van der Waals surface area contributed by atoms with E-state index in [2.05, 4.69) is 4.76 Å². The van der Waals surface area contributed by atoms with Crippen molar-refractivity contribution in [3.63, 3.8) is 0 Å². The van der Waals surface area contributed by atoms with Crippen LogP contribution in [0.1, 0.15) is 13.8 Å². The first-order valence-corrected chi connectivity index (χ1v) is 8.18. The van der Waals surface area contributed by atoms with Crippen LogP contribution in [0.15, 0.2) is 4.76 Å². The molecule has 0 aromatic rings. The third-order valence-electron chi connectivity index (χ3n) is 2.11. The highest BCUT2D eigenvalue weighted by atomic mass is 32.7. The molecule has 1 rings (SSSR count). The maximum atomic E-state index is 11.9. The Hall–Kier alpha value is -0.190. The summed E-state index contributed by atoms with van der Waals surface area (Å²) in [5, 5.41) is 0. The summed E-state index contributed by atoms with van der Waals surface area (Å²) in [5.41, 5.74) is 0. The van der Waals surface area contributed by atoms with E-state index in [1.54, 1.807) is 6.26 Å². The number of ether oxygens (including phenoxy) is 1. The molecule has 15 heavy (non-hydrogen) atoms. The normalized spacial score (nSPS) is 27.9. The molecular formula is C8H17N2O3PS. The minimum Gasteiger partial charge on any atom is -0.460 e. The Kier molecular flexibility index (Phi) is 4.49. The highest BCUT2D eigenvalue weighted by Gasteiger charge is 2.29. The third kappa shape index (κ3) is 3.13. The molecular weight excluding hydrogens is 235 g/mol. The van der Waals surface area contributed by atoms with Gasteiger partial charge in [0, 0.05) is 13.7 Å². The summed E-state index contributed by atoms with van der Waals surface area (Å²) in [5.74, 6) is 0. The molecule has 2 unspecified atom stereocenters. The van der Waals surface area contributed by atoms with Gasteiger partial charge in [-0.05, 0) is 31.5 Å². The van der Waals surface area contributed by atoms with Crippen molar-refractivity contribution in [2.75, 3.05) is 26.5 Å². The van der Waals surface area contributed by atoms with Crippen LogP contribution in [0, 0.1) is 0 Å². The quantitative estimate of drug-likeness (QED) is 0.718. The highest BCUT2D eigenvalue weighted by Crippen LogP contribution is 2.59. The maximum absolute atomic E-state index is 11.9. The summed E-state index contributed by atoms with van der Waals surface area (Å²) in [6, 6.07) is 0.435. The van der Waals surface area contributed by atoms with Crippen molar-refractivity contribution in [1.29, 1.82) is 0 Å². The van der Waals surface area contributed by atoms with Crippen LogP contribution in [0.2, 0.25) is 0 Å². The summed E-state index contributed by atoms with van der Waals surface area (Å²) in [4.78, 5) is 1.95. The minimum atomic E-state index is -2.97. The predicted octanol–water partition coefficient (Wildman–Crippen LogP) is 2.20. The Morgan fingerprint density at radius 2 is 2.47 bits per heavy atom. The zero-order valence-corrected chi connectivity index (χ0v) is 11.2. The van der Waals surface area contributed by atoms with Gasteiger partial charge in [-0.2, -0.15) is 0 Å². The summed E-state index contributed by atoms with van der Waals surface area (Å²) < 4.78 is 26.4. The van der Waals surface area contributed by atoms with Crippen molar-refractivity contribution in [1.82, 2.24) is 4.90 Å². The van der Waals surface area contributed by atoms with Crippen LogP contribution in [-0.4, -0.2) is 43.5 Å². The number of nitrogens with zero attached hydrogens (tertiary/aromatic N) is 2. The first-order valence-electron chi connectivity index (χ1n) is 4.78. The lowest BCUT2D eigenvalue weighted by Crippen LogP contribution is -2.25. The molecule has 1 fully saturated rings. The molecule has 0 spiro atoms. The Labute approximate surface area is 94.5 Å². The van der Waals surface area contributed by atoms with Gasteiger partial charge in [0.05, 0.1) is 6.54 Å². The van der Waals surface area contributed by atoms with E-state index in [0.717, 1.165) is 24.5 Å². The summed E-state index contributed by atoms with van der Waals surface area (Å²) in [6.45, 7) is 2.58. The molecule has 1 aliphatic heterocycles. The average Bonchev–Trinajstić information content (AvgIpc) is 2.58. The largest absolute Gasteiger partial charge is 0.460 e.